The monoisotopic (exact) mass is 361 g/mol. The number of aryl methyl sites for hydroxylation is 2. The van der Waals surface area contributed by atoms with E-state index in [9.17, 15) is 13.2 Å². The van der Waals surface area contributed by atoms with E-state index in [1.807, 2.05) is 26.0 Å². The second-order valence-electron chi connectivity index (χ2n) is 7.54. The van der Waals surface area contributed by atoms with E-state index in [0.29, 0.717) is 12.3 Å². The van der Waals surface area contributed by atoms with Crippen molar-refractivity contribution in [2.75, 3.05) is 10.7 Å². The first-order valence-corrected chi connectivity index (χ1v) is 10.9. The van der Waals surface area contributed by atoms with Crippen molar-refractivity contribution in [2.24, 2.45) is 5.92 Å². The summed E-state index contributed by atoms with van der Waals surface area (Å²) >= 11 is 0. The Morgan fingerprint density at radius 2 is 1.72 bits per heavy atom. The zero-order valence-electron chi connectivity index (χ0n) is 15.1. The lowest BCUT2D eigenvalue weighted by Crippen LogP contribution is -2.42. The van der Waals surface area contributed by atoms with Crippen molar-refractivity contribution in [3.63, 3.8) is 0 Å². The minimum absolute atomic E-state index is 0.0175. The Morgan fingerprint density at radius 1 is 1.08 bits per heavy atom. The van der Waals surface area contributed by atoms with Crippen LogP contribution in [0.15, 0.2) is 29.7 Å². The Bertz CT molecular complexity index is 756. The number of amides is 1. The first-order chi connectivity index (χ1) is 11.8. The van der Waals surface area contributed by atoms with Crippen LogP contribution < -0.4 is 4.90 Å². The lowest BCUT2D eigenvalue weighted by molar-refractivity contribution is -0.120. The fourth-order valence-corrected chi connectivity index (χ4v) is 5.33. The summed E-state index contributed by atoms with van der Waals surface area (Å²) in [7, 11) is -3.21. The maximum atomic E-state index is 13.1. The summed E-state index contributed by atoms with van der Waals surface area (Å²) in [6, 6.07) is 5.62. The Hall–Kier alpha value is -1.62. The molecule has 0 saturated heterocycles. The predicted octanol–water partition coefficient (Wildman–Crippen LogP) is 3.92. The number of anilines is 1. The van der Waals surface area contributed by atoms with E-state index in [-0.39, 0.29) is 11.7 Å². The molecule has 136 valence electrons. The molecule has 1 aliphatic carbocycles. The number of sulfone groups is 1. The molecule has 3 rings (SSSR count). The molecule has 2 aliphatic rings. The summed E-state index contributed by atoms with van der Waals surface area (Å²) in [5.41, 5.74) is 2.97. The van der Waals surface area contributed by atoms with Crippen LogP contribution in [-0.4, -0.2) is 26.1 Å². The van der Waals surface area contributed by atoms with Gasteiger partial charge in [-0.15, -0.1) is 0 Å². The number of carbonyl (C=O) groups is 1. The Balaban J connectivity index is 1.88. The molecule has 0 spiro atoms. The maximum Gasteiger partial charge on any atom is 0.227 e. The number of carbonyl (C=O) groups excluding carboxylic acids is 1. The Labute approximate surface area is 150 Å². The van der Waals surface area contributed by atoms with Gasteiger partial charge < -0.3 is 4.90 Å². The van der Waals surface area contributed by atoms with Gasteiger partial charge in [-0.2, -0.15) is 0 Å². The molecule has 1 heterocycles. The molecule has 1 aromatic rings. The van der Waals surface area contributed by atoms with Crippen molar-refractivity contribution in [1.82, 2.24) is 0 Å². The van der Waals surface area contributed by atoms with Crippen LogP contribution in [0.3, 0.4) is 0 Å². The second-order valence-corrected chi connectivity index (χ2v) is 9.47. The summed E-state index contributed by atoms with van der Waals surface area (Å²) in [5, 5.41) is 1.25. The standard InChI is InChI=1S/C20H27NO3S/c1-15-10-16(2)12-19(11-15)21(18-8-9-25(23,24)14-18)20(22)13-17-6-4-3-5-7-17/h8-12,17-18H,3-7,13-14H2,1-2H3/t18-/m1/s1. The minimum Gasteiger partial charge on any atom is -0.304 e. The van der Waals surface area contributed by atoms with Crippen molar-refractivity contribution < 1.29 is 13.2 Å². The zero-order chi connectivity index (χ0) is 18.0. The first-order valence-electron chi connectivity index (χ1n) is 9.15. The number of benzene rings is 1. The van der Waals surface area contributed by atoms with E-state index in [0.717, 1.165) is 29.7 Å². The fraction of sp³-hybridized carbons (Fsp3) is 0.550. The van der Waals surface area contributed by atoms with Gasteiger partial charge in [0.15, 0.2) is 9.84 Å². The number of hydrogen-bond acceptors (Lipinski definition) is 3. The van der Waals surface area contributed by atoms with Crippen LogP contribution in [0.4, 0.5) is 5.69 Å². The molecule has 5 heteroatoms. The van der Waals surface area contributed by atoms with Gasteiger partial charge >= 0.3 is 0 Å². The highest BCUT2D eigenvalue weighted by atomic mass is 32.2. The number of rotatable bonds is 4. The van der Waals surface area contributed by atoms with Gasteiger partial charge in [0.05, 0.1) is 11.8 Å². The third-order valence-corrected chi connectivity index (χ3v) is 6.56. The summed E-state index contributed by atoms with van der Waals surface area (Å²) in [4.78, 5) is 14.8. The maximum absolute atomic E-state index is 13.1. The second kappa shape index (κ2) is 7.32. The Morgan fingerprint density at radius 3 is 2.28 bits per heavy atom. The molecule has 1 aromatic carbocycles. The number of nitrogens with zero attached hydrogens (tertiary/aromatic N) is 1. The summed E-state index contributed by atoms with van der Waals surface area (Å²) < 4.78 is 23.8. The highest BCUT2D eigenvalue weighted by Gasteiger charge is 2.32. The van der Waals surface area contributed by atoms with Crippen molar-refractivity contribution >= 4 is 21.4 Å². The van der Waals surface area contributed by atoms with Crippen molar-refractivity contribution in [1.29, 1.82) is 0 Å². The average molecular weight is 362 g/mol. The molecule has 0 radical (unpaired) electrons. The van der Waals surface area contributed by atoms with Crippen LogP contribution in [0.2, 0.25) is 0 Å². The molecule has 1 fully saturated rings. The quantitative estimate of drug-likeness (QED) is 0.817. The summed E-state index contributed by atoms with van der Waals surface area (Å²) in [6.07, 6.45) is 8.02. The van der Waals surface area contributed by atoms with E-state index in [1.54, 1.807) is 11.0 Å². The molecule has 4 nitrogen and oxygen atoms in total. The predicted molar refractivity (Wildman–Crippen MR) is 101 cm³/mol. The molecule has 1 saturated carbocycles. The zero-order valence-corrected chi connectivity index (χ0v) is 15.9. The van der Waals surface area contributed by atoms with Gasteiger partial charge in [-0.1, -0.05) is 25.3 Å². The van der Waals surface area contributed by atoms with E-state index >= 15 is 0 Å². The smallest absolute Gasteiger partial charge is 0.227 e. The van der Waals surface area contributed by atoms with Crippen LogP contribution in [0.1, 0.15) is 49.7 Å². The highest BCUT2D eigenvalue weighted by Crippen LogP contribution is 2.30. The van der Waals surface area contributed by atoms with Gasteiger partial charge in [0, 0.05) is 17.5 Å². The summed E-state index contributed by atoms with van der Waals surface area (Å²) in [5.74, 6) is 0.455. The van der Waals surface area contributed by atoms with E-state index < -0.39 is 15.9 Å². The third kappa shape index (κ3) is 4.51. The van der Waals surface area contributed by atoms with E-state index in [2.05, 4.69) is 6.07 Å². The molecule has 0 unspecified atom stereocenters. The third-order valence-electron chi connectivity index (χ3n) is 5.18. The highest BCUT2D eigenvalue weighted by molar-refractivity contribution is 7.94. The lowest BCUT2D eigenvalue weighted by atomic mass is 9.86. The molecular weight excluding hydrogens is 334 g/mol. The first kappa shape index (κ1) is 18.2. The van der Waals surface area contributed by atoms with Crippen LogP contribution >= 0.6 is 0 Å². The molecule has 1 aliphatic heterocycles. The van der Waals surface area contributed by atoms with Crippen LogP contribution in [0, 0.1) is 19.8 Å². The van der Waals surface area contributed by atoms with Gasteiger partial charge in [-0.3, -0.25) is 4.79 Å². The topological polar surface area (TPSA) is 54.5 Å². The van der Waals surface area contributed by atoms with Gasteiger partial charge in [-0.05, 0) is 61.9 Å². The number of hydrogen-bond donors (Lipinski definition) is 0. The lowest BCUT2D eigenvalue weighted by Gasteiger charge is -2.31. The van der Waals surface area contributed by atoms with Gasteiger partial charge in [0.25, 0.3) is 0 Å². The van der Waals surface area contributed by atoms with E-state index in [1.165, 1.54) is 24.7 Å². The van der Waals surface area contributed by atoms with E-state index in [4.69, 9.17) is 0 Å². The molecule has 0 bridgehead atoms. The SMILES string of the molecule is Cc1cc(C)cc(N(C(=O)CC2CCCCC2)[C@@H]2C=CS(=O)(=O)C2)c1. The molecular formula is C20H27NO3S. The van der Waals surface area contributed by atoms with Crippen LogP contribution in [0.25, 0.3) is 0 Å². The average Bonchev–Trinajstić information content (AvgIpc) is 2.87. The van der Waals surface area contributed by atoms with Gasteiger partial charge in [-0.25, -0.2) is 8.42 Å². The molecule has 1 amide bonds. The largest absolute Gasteiger partial charge is 0.304 e. The fourth-order valence-electron chi connectivity index (χ4n) is 4.07. The van der Waals surface area contributed by atoms with Crippen molar-refractivity contribution in [3.8, 4) is 0 Å². The normalized spacial score (nSPS) is 22.9. The van der Waals surface area contributed by atoms with Crippen molar-refractivity contribution in [3.05, 3.63) is 40.8 Å². The minimum atomic E-state index is -3.21. The molecule has 25 heavy (non-hydrogen) atoms. The van der Waals surface area contributed by atoms with Gasteiger partial charge in [0.1, 0.15) is 0 Å². The summed E-state index contributed by atoms with van der Waals surface area (Å²) in [6.45, 7) is 4.00. The van der Waals surface area contributed by atoms with Gasteiger partial charge in [0.2, 0.25) is 5.91 Å². The van der Waals surface area contributed by atoms with Crippen LogP contribution in [-0.2, 0) is 14.6 Å². The molecule has 0 N–H and O–H groups in total. The Kier molecular flexibility index (Phi) is 5.32. The molecule has 0 aromatic heterocycles. The molecule has 1 atom stereocenters. The van der Waals surface area contributed by atoms with Crippen LogP contribution in [0.5, 0.6) is 0 Å². The van der Waals surface area contributed by atoms with Crippen molar-refractivity contribution in [2.45, 2.75) is 58.4 Å².